The highest BCUT2D eigenvalue weighted by atomic mass is 35.5. The summed E-state index contributed by atoms with van der Waals surface area (Å²) in [4.78, 5) is 38.4. The number of rotatable bonds is 8. The standard InChI is InChI=1S/C20H25Cl2N5O3/c1-11(13-9-20(13,21)22)26-19(30)15-7-4-8-27(15)16(28)10-25-14-6-3-2-5-12(14)17(23)18(24)29/h2-3,5-6,11,13,15,23,25H,4,7-10H2,1H3,(H2,24,29)(H,26,30). The Hall–Kier alpha value is -2.32. The Morgan fingerprint density at radius 2 is 2.00 bits per heavy atom. The normalized spacial score (nSPS) is 22.8. The topological polar surface area (TPSA) is 128 Å². The van der Waals surface area contributed by atoms with Gasteiger partial charge in [-0.1, -0.05) is 18.2 Å². The van der Waals surface area contributed by atoms with Gasteiger partial charge in [-0.2, -0.15) is 0 Å². The summed E-state index contributed by atoms with van der Waals surface area (Å²) in [5.41, 5.74) is 5.63. The minimum atomic E-state index is -0.852. The lowest BCUT2D eigenvalue weighted by Gasteiger charge is -2.26. The van der Waals surface area contributed by atoms with E-state index >= 15 is 0 Å². The van der Waals surface area contributed by atoms with Gasteiger partial charge in [-0.05, 0) is 32.3 Å². The van der Waals surface area contributed by atoms with Gasteiger partial charge in [0.25, 0.3) is 5.91 Å². The third-order valence-corrected chi connectivity index (χ3v) is 6.47. The van der Waals surface area contributed by atoms with Crippen LogP contribution in [0.15, 0.2) is 24.3 Å². The molecule has 3 rings (SSSR count). The highest BCUT2D eigenvalue weighted by Crippen LogP contribution is 2.54. The lowest BCUT2D eigenvalue weighted by Crippen LogP contribution is -2.50. The van der Waals surface area contributed by atoms with Crippen molar-refractivity contribution in [2.75, 3.05) is 18.4 Å². The molecule has 1 saturated carbocycles. The van der Waals surface area contributed by atoms with Crippen molar-refractivity contribution in [3.05, 3.63) is 29.8 Å². The van der Waals surface area contributed by atoms with Crippen molar-refractivity contribution in [2.24, 2.45) is 11.7 Å². The molecule has 8 nitrogen and oxygen atoms in total. The molecule has 1 aromatic rings. The zero-order valence-electron chi connectivity index (χ0n) is 16.6. The van der Waals surface area contributed by atoms with Gasteiger partial charge < -0.3 is 21.3 Å². The number of hydrogen-bond acceptors (Lipinski definition) is 5. The first-order chi connectivity index (χ1) is 14.1. The van der Waals surface area contributed by atoms with Gasteiger partial charge in [0.1, 0.15) is 16.1 Å². The van der Waals surface area contributed by atoms with Crippen molar-refractivity contribution in [3.8, 4) is 0 Å². The number of carbonyl (C=O) groups is 3. The van der Waals surface area contributed by atoms with E-state index in [1.165, 1.54) is 0 Å². The number of primary amides is 1. The Kier molecular flexibility index (Phi) is 6.57. The van der Waals surface area contributed by atoms with E-state index in [4.69, 9.17) is 34.3 Å². The maximum Gasteiger partial charge on any atom is 0.267 e. The molecule has 0 bridgehead atoms. The molecule has 2 aliphatic rings. The average molecular weight is 454 g/mol. The first-order valence-corrected chi connectivity index (χ1v) is 10.6. The zero-order chi connectivity index (χ0) is 22.1. The summed E-state index contributed by atoms with van der Waals surface area (Å²) in [6.45, 7) is 2.28. The van der Waals surface area contributed by atoms with E-state index in [1.54, 1.807) is 29.2 Å². The van der Waals surface area contributed by atoms with Crippen LogP contribution in [0.25, 0.3) is 0 Å². The summed E-state index contributed by atoms with van der Waals surface area (Å²) >= 11 is 12.2. The van der Waals surface area contributed by atoms with E-state index < -0.39 is 16.3 Å². The van der Waals surface area contributed by atoms with Crippen LogP contribution in [0.2, 0.25) is 0 Å². The Balaban J connectivity index is 1.59. The zero-order valence-corrected chi connectivity index (χ0v) is 18.1. The molecule has 0 spiro atoms. The molecule has 1 aromatic carbocycles. The van der Waals surface area contributed by atoms with E-state index in [0.717, 1.165) is 6.42 Å². The molecule has 1 saturated heterocycles. The predicted molar refractivity (Wildman–Crippen MR) is 116 cm³/mol. The van der Waals surface area contributed by atoms with E-state index in [0.29, 0.717) is 30.6 Å². The van der Waals surface area contributed by atoms with Crippen molar-refractivity contribution < 1.29 is 14.4 Å². The van der Waals surface area contributed by atoms with Crippen LogP contribution in [0, 0.1) is 11.3 Å². The van der Waals surface area contributed by atoms with Crippen LogP contribution < -0.4 is 16.4 Å². The Morgan fingerprint density at radius 3 is 2.63 bits per heavy atom. The van der Waals surface area contributed by atoms with Crippen LogP contribution >= 0.6 is 23.2 Å². The molecule has 5 N–H and O–H groups in total. The average Bonchev–Trinajstić information content (AvgIpc) is 3.11. The number of benzene rings is 1. The van der Waals surface area contributed by atoms with Crippen LogP contribution in [0.5, 0.6) is 0 Å². The minimum Gasteiger partial charge on any atom is -0.376 e. The van der Waals surface area contributed by atoms with Crippen LogP contribution in [0.4, 0.5) is 5.69 Å². The number of para-hydroxylation sites is 1. The van der Waals surface area contributed by atoms with Crippen LogP contribution in [-0.4, -0.2) is 57.8 Å². The van der Waals surface area contributed by atoms with Gasteiger partial charge in [-0.3, -0.25) is 19.8 Å². The molecule has 30 heavy (non-hydrogen) atoms. The van der Waals surface area contributed by atoms with Gasteiger partial charge in [0.2, 0.25) is 11.8 Å². The number of amides is 3. The van der Waals surface area contributed by atoms with Crippen LogP contribution in [0.1, 0.15) is 31.7 Å². The van der Waals surface area contributed by atoms with Crippen LogP contribution in [-0.2, 0) is 14.4 Å². The molecule has 3 unspecified atom stereocenters. The molecule has 0 aromatic heterocycles. The van der Waals surface area contributed by atoms with Gasteiger partial charge in [-0.15, -0.1) is 23.2 Å². The Bertz CT molecular complexity index is 876. The van der Waals surface area contributed by atoms with E-state index in [-0.39, 0.29) is 36.0 Å². The number of nitrogens with two attached hydrogens (primary N) is 1. The fourth-order valence-electron chi connectivity index (χ4n) is 3.80. The molecule has 1 heterocycles. The first-order valence-electron chi connectivity index (χ1n) is 9.81. The van der Waals surface area contributed by atoms with E-state index in [2.05, 4.69) is 10.6 Å². The fraction of sp³-hybridized carbons (Fsp3) is 0.500. The molecule has 0 radical (unpaired) electrons. The third kappa shape index (κ3) is 4.87. The van der Waals surface area contributed by atoms with Crippen molar-refractivity contribution in [3.63, 3.8) is 0 Å². The fourth-order valence-corrected chi connectivity index (χ4v) is 4.51. The molecule has 1 aliphatic heterocycles. The monoisotopic (exact) mass is 453 g/mol. The summed E-state index contributed by atoms with van der Waals surface area (Å²) in [6.07, 6.45) is 1.96. The predicted octanol–water partition coefficient (Wildman–Crippen LogP) is 1.64. The second kappa shape index (κ2) is 8.81. The Labute approximate surface area is 185 Å². The molecular weight excluding hydrogens is 429 g/mol. The van der Waals surface area contributed by atoms with Crippen molar-refractivity contribution in [1.82, 2.24) is 10.2 Å². The largest absolute Gasteiger partial charge is 0.376 e. The van der Waals surface area contributed by atoms with Crippen molar-refractivity contribution in [2.45, 2.75) is 42.6 Å². The van der Waals surface area contributed by atoms with Crippen molar-refractivity contribution in [1.29, 1.82) is 5.41 Å². The molecule has 3 atom stereocenters. The van der Waals surface area contributed by atoms with E-state index in [9.17, 15) is 14.4 Å². The first kappa shape index (κ1) is 22.4. The smallest absolute Gasteiger partial charge is 0.267 e. The number of halogens is 2. The number of carbonyl (C=O) groups excluding carboxylic acids is 3. The summed E-state index contributed by atoms with van der Waals surface area (Å²) < 4.78 is -0.784. The highest BCUT2D eigenvalue weighted by Gasteiger charge is 2.55. The lowest BCUT2D eigenvalue weighted by molar-refractivity contribution is -0.137. The number of nitrogens with zero attached hydrogens (tertiary/aromatic N) is 1. The minimum absolute atomic E-state index is 0.00841. The maximum atomic E-state index is 12.8. The van der Waals surface area contributed by atoms with Gasteiger partial charge in [-0.25, -0.2) is 0 Å². The molecule has 10 heteroatoms. The summed E-state index contributed by atoms with van der Waals surface area (Å²) in [5.74, 6) is -1.29. The summed E-state index contributed by atoms with van der Waals surface area (Å²) in [5, 5.41) is 13.7. The number of nitrogens with one attached hydrogen (secondary N) is 3. The summed E-state index contributed by atoms with van der Waals surface area (Å²) in [6, 6.07) is 5.94. The molecule has 1 aliphatic carbocycles. The van der Waals surface area contributed by atoms with Gasteiger partial charge in [0.15, 0.2) is 0 Å². The second-order valence-electron chi connectivity index (χ2n) is 7.75. The molecule has 162 valence electrons. The molecule has 3 amide bonds. The SMILES string of the molecule is CC(NC(=O)C1CCCN1C(=O)CNc1ccccc1C(=N)C(N)=O)C1CC1(Cl)Cl. The number of alkyl halides is 2. The maximum absolute atomic E-state index is 12.8. The van der Waals surface area contributed by atoms with Crippen LogP contribution in [0.3, 0.4) is 0 Å². The molecular formula is C20H25Cl2N5O3. The third-order valence-electron chi connectivity index (χ3n) is 5.60. The number of likely N-dealkylation sites (tertiary alicyclic amines) is 1. The molecule has 2 fully saturated rings. The van der Waals surface area contributed by atoms with Gasteiger partial charge >= 0.3 is 0 Å². The quantitative estimate of drug-likeness (QED) is 0.352. The van der Waals surface area contributed by atoms with E-state index in [1.807, 2.05) is 6.92 Å². The van der Waals surface area contributed by atoms with Gasteiger partial charge in [0, 0.05) is 29.8 Å². The lowest BCUT2D eigenvalue weighted by atomic mass is 10.1. The number of hydrogen-bond donors (Lipinski definition) is 4. The van der Waals surface area contributed by atoms with Gasteiger partial charge in [0.05, 0.1) is 6.54 Å². The summed E-state index contributed by atoms with van der Waals surface area (Å²) in [7, 11) is 0. The van der Waals surface area contributed by atoms with Crippen molar-refractivity contribution >= 4 is 52.3 Å². The second-order valence-corrected chi connectivity index (χ2v) is 9.29. The Morgan fingerprint density at radius 1 is 1.33 bits per heavy atom. The number of anilines is 1. The highest BCUT2D eigenvalue weighted by molar-refractivity contribution is 6.51.